The van der Waals surface area contributed by atoms with E-state index in [1.807, 2.05) is 6.07 Å². The van der Waals surface area contributed by atoms with Crippen molar-refractivity contribution in [3.63, 3.8) is 0 Å². The highest BCUT2D eigenvalue weighted by molar-refractivity contribution is 6.31. The normalized spacial score (nSPS) is 29.2. The molecule has 2 fully saturated rings. The number of nitrogens with one attached hydrogen (secondary N) is 1. The molecule has 2 aliphatic heterocycles. The molecule has 1 N–H and O–H groups in total. The maximum atomic E-state index is 12.6. The first-order valence-electron chi connectivity index (χ1n) is 11.3. The first-order valence-corrected chi connectivity index (χ1v) is 11.7. The largest absolute Gasteiger partial charge is 0.354 e. The number of amides is 1. The molecule has 5 rings (SSSR count). The van der Waals surface area contributed by atoms with E-state index in [0.29, 0.717) is 18.6 Å². The van der Waals surface area contributed by atoms with Crippen LogP contribution in [0, 0.1) is 11.8 Å². The highest BCUT2D eigenvalue weighted by Crippen LogP contribution is 2.47. The number of nitrogens with zero attached hydrogens (tertiary/aromatic N) is 2. The van der Waals surface area contributed by atoms with Gasteiger partial charge in [-0.15, -0.1) is 0 Å². The van der Waals surface area contributed by atoms with Gasteiger partial charge in [0.25, 0.3) is 0 Å². The van der Waals surface area contributed by atoms with Crippen LogP contribution in [0.2, 0.25) is 5.02 Å². The van der Waals surface area contributed by atoms with Crippen molar-refractivity contribution < 1.29 is 4.79 Å². The molecule has 1 aliphatic carbocycles. The van der Waals surface area contributed by atoms with Crippen LogP contribution in [0.1, 0.15) is 62.7 Å². The summed E-state index contributed by atoms with van der Waals surface area (Å²) in [6, 6.07) is 7.44. The van der Waals surface area contributed by atoms with E-state index in [1.165, 1.54) is 47.8 Å². The van der Waals surface area contributed by atoms with Gasteiger partial charge in [0.1, 0.15) is 0 Å². The standard InChI is InChI=1S/C24H32ClN3O/c1-15-3-5-16(6-4-15)24(29)26-11-12-28-20-9-7-17(25)13-19(20)23-21-10-8-18(27(21)2)14-22(23)28/h7,9,13,15-16,18,21H,3-6,8,10-12,14H2,1-2H3,(H,26,29). The van der Waals surface area contributed by atoms with Crippen molar-refractivity contribution in [3.05, 3.63) is 34.5 Å². The molecular formula is C24H32ClN3O. The molecule has 2 atom stereocenters. The van der Waals surface area contributed by atoms with Gasteiger partial charge in [0.15, 0.2) is 0 Å². The third-order valence-electron chi connectivity index (χ3n) is 7.80. The van der Waals surface area contributed by atoms with E-state index >= 15 is 0 Å². The van der Waals surface area contributed by atoms with Gasteiger partial charge in [-0.25, -0.2) is 0 Å². The number of halogens is 1. The van der Waals surface area contributed by atoms with E-state index in [1.54, 1.807) is 0 Å². The molecule has 4 nitrogen and oxygen atoms in total. The summed E-state index contributed by atoms with van der Waals surface area (Å²) in [5.74, 6) is 1.24. The lowest BCUT2D eigenvalue weighted by atomic mass is 9.82. The number of aromatic nitrogens is 1. The third kappa shape index (κ3) is 3.38. The molecule has 2 aromatic rings. The molecule has 1 saturated heterocycles. The summed E-state index contributed by atoms with van der Waals surface area (Å²) >= 11 is 6.37. The van der Waals surface area contributed by atoms with Gasteiger partial charge < -0.3 is 9.88 Å². The van der Waals surface area contributed by atoms with Gasteiger partial charge >= 0.3 is 0 Å². The molecule has 1 aromatic heterocycles. The number of hydrogen-bond donors (Lipinski definition) is 1. The number of rotatable bonds is 4. The third-order valence-corrected chi connectivity index (χ3v) is 8.04. The van der Waals surface area contributed by atoms with Crippen LogP contribution < -0.4 is 5.32 Å². The van der Waals surface area contributed by atoms with Gasteiger partial charge in [-0.1, -0.05) is 18.5 Å². The monoisotopic (exact) mass is 413 g/mol. The molecule has 156 valence electrons. The van der Waals surface area contributed by atoms with E-state index in [9.17, 15) is 4.79 Å². The predicted molar refractivity (Wildman–Crippen MR) is 118 cm³/mol. The zero-order valence-electron chi connectivity index (χ0n) is 17.6. The van der Waals surface area contributed by atoms with Crippen LogP contribution in [0.25, 0.3) is 10.9 Å². The van der Waals surface area contributed by atoms with Crippen molar-refractivity contribution in [2.45, 2.75) is 70.5 Å². The van der Waals surface area contributed by atoms with Crippen molar-refractivity contribution in [1.82, 2.24) is 14.8 Å². The van der Waals surface area contributed by atoms with Gasteiger partial charge in [0.2, 0.25) is 5.91 Å². The van der Waals surface area contributed by atoms with Crippen LogP contribution in [0.5, 0.6) is 0 Å². The SMILES string of the molecule is CC1CCC(C(=O)NCCn2c3c(c4cc(Cl)ccc42)C2CCC(C3)N2C)CC1. The van der Waals surface area contributed by atoms with Gasteiger partial charge in [-0.05, 0) is 75.3 Å². The molecule has 3 aliphatic rings. The minimum atomic E-state index is 0.213. The Labute approximate surface area is 178 Å². The Kier molecular flexibility index (Phi) is 5.11. The van der Waals surface area contributed by atoms with Crippen LogP contribution >= 0.6 is 11.6 Å². The summed E-state index contributed by atoms with van der Waals surface area (Å²) < 4.78 is 2.46. The maximum absolute atomic E-state index is 12.6. The molecule has 1 aromatic carbocycles. The molecule has 3 heterocycles. The Balaban J connectivity index is 1.37. The van der Waals surface area contributed by atoms with Crippen LogP contribution in [0.4, 0.5) is 0 Å². The summed E-state index contributed by atoms with van der Waals surface area (Å²) in [7, 11) is 2.27. The molecule has 2 unspecified atom stereocenters. The van der Waals surface area contributed by atoms with Gasteiger partial charge in [0, 0.05) is 59.1 Å². The second kappa shape index (κ2) is 7.63. The van der Waals surface area contributed by atoms with Crippen molar-refractivity contribution >= 4 is 28.4 Å². The van der Waals surface area contributed by atoms with Gasteiger partial charge in [-0.2, -0.15) is 0 Å². The average molecular weight is 414 g/mol. The zero-order chi connectivity index (χ0) is 20.1. The summed E-state index contributed by atoms with van der Waals surface area (Å²) in [5.41, 5.74) is 4.21. The first-order chi connectivity index (χ1) is 14.0. The molecule has 2 bridgehead atoms. The fourth-order valence-corrected chi connectivity index (χ4v) is 6.21. The summed E-state index contributed by atoms with van der Waals surface area (Å²) in [4.78, 5) is 15.2. The number of hydrogen-bond acceptors (Lipinski definition) is 2. The van der Waals surface area contributed by atoms with E-state index in [0.717, 1.165) is 36.7 Å². The fraction of sp³-hybridized carbons (Fsp3) is 0.625. The Morgan fingerprint density at radius 3 is 2.76 bits per heavy atom. The topological polar surface area (TPSA) is 37.3 Å². The number of fused-ring (bicyclic) bond motifs is 6. The quantitative estimate of drug-likeness (QED) is 0.771. The van der Waals surface area contributed by atoms with Crippen molar-refractivity contribution in [1.29, 1.82) is 0 Å². The molecule has 1 amide bonds. The lowest BCUT2D eigenvalue weighted by molar-refractivity contribution is -0.126. The van der Waals surface area contributed by atoms with E-state index < -0.39 is 0 Å². The van der Waals surface area contributed by atoms with Crippen LogP contribution in [0.3, 0.4) is 0 Å². The molecule has 29 heavy (non-hydrogen) atoms. The maximum Gasteiger partial charge on any atom is 0.223 e. The van der Waals surface area contributed by atoms with E-state index in [2.05, 4.69) is 40.9 Å². The molecule has 1 saturated carbocycles. The number of carbonyl (C=O) groups excluding carboxylic acids is 1. The lowest BCUT2D eigenvalue weighted by Gasteiger charge is -2.32. The Morgan fingerprint density at radius 2 is 1.97 bits per heavy atom. The lowest BCUT2D eigenvalue weighted by Crippen LogP contribution is -2.36. The van der Waals surface area contributed by atoms with Gasteiger partial charge in [0.05, 0.1) is 0 Å². The fourth-order valence-electron chi connectivity index (χ4n) is 6.04. The highest BCUT2D eigenvalue weighted by atomic mass is 35.5. The number of carbonyl (C=O) groups is 1. The van der Waals surface area contributed by atoms with Crippen LogP contribution in [-0.4, -0.2) is 35.0 Å². The van der Waals surface area contributed by atoms with Crippen molar-refractivity contribution in [2.75, 3.05) is 13.6 Å². The second-order valence-electron chi connectivity index (χ2n) is 9.54. The zero-order valence-corrected chi connectivity index (χ0v) is 18.3. The first kappa shape index (κ1) is 19.4. The van der Waals surface area contributed by atoms with Gasteiger partial charge in [-0.3, -0.25) is 9.69 Å². The van der Waals surface area contributed by atoms with E-state index in [4.69, 9.17) is 11.6 Å². The Morgan fingerprint density at radius 1 is 1.17 bits per heavy atom. The molecule has 0 radical (unpaired) electrons. The summed E-state index contributed by atoms with van der Waals surface area (Å²) in [5, 5.41) is 5.35. The van der Waals surface area contributed by atoms with Crippen LogP contribution in [0.15, 0.2) is 18.2 Å². The van der Waals surface area contributed by atoms with E-state index in [-0.39, 0.29) is 11.8 Å². The number of benzene rings is 1. The van der Waals surface area contributed by atoms with Crippen molar-refractivity contribution in [3.8, 4) is 0 Å². The number of likely N-dealkylation sites (N-methyl/N-ethyl adjacent to an activating group) is 1. The average Bonchev–Trinajstić information content (AvgIpc) is 3.12. The Bertz CT molecular complexity index is 928. The summed E-state index contributed by atoms with van der Waals surface area (Å²) in [6.45, 7) is 3.84. The van der Waals surface area contributed by atoms with Crippen molar-refractivity contribution in [2.24, 2.45) is 11.8 Å². The minimum Gasteiger partial charge on any atom is -0.354 e. The van der Waals surface area contributed by atoms with Crippen LogP contribution in [-0.2, 0) is 17.8 Å². The highest BCUT2D eigenvalue weighted by Gasteiger charge is 2.40. The molecule has 5 heteroatoms. The minimum absolute atomic E-state index is 0.213. The second-order valence-corrected chi connectivity index (χ2v) is 9.97. The molecule has 0 spiro atoms. The predicted octanol–water partition coefficient (Wildman–Crippen LogP) is 4.93. The summed E-state index contributed by atoms with van der Waals surface area (Å²) in [6.07, 6.45) is 8.07. The Hall–Kier alpha value is -1.52. The molecular weight excluding hydrogens is 382 g/mol. The smallest absolute Gasteiger partial charge is 0.223 e.